The van der Waals surface area contributed by atoms with Gasteiger partial charge in [0.2, 0.25) is 5.89 Å². The van der Waals surface area contributed by atoms with E-state index in [1.807, 2.05) is 6.92 Å². The summed E-state index contributed by atoms with van der Waals surface area (Å²) in [6.07, 6.45) is -0.100. The normalized spacial score (nSPS) is 23.6. The SMILES string of the molecule is CC1CN(Cc2nnc(-c3ccc(Br)o3)o2)CC(CO)O1. The number of halogens is 1. The zero-order valence-corrected chi connectivity index (χ0v) is 13.1. The van der Waals surface area contributed by atoms with Gasteiger partial charge in [0.1, 0.15) is 0 Å². The van der Waals surface area contributed by atoms with Crippen molar-refractivity contribution in [3.05, 3.63) is 22.7 Å². The van der Waals surface area contributed by atoms with Crippen LogP contribution in [0.4, 0.5) is 0 Å². The molecule has 2 unspecified atom stereocenters. The van der Waals surface area contributed by atoms with Crippen LogP contribution in [0.15, 0.2) is 25.6 Å². The highest BCUT2D eigenvalue weighted by Gasteiger charge is 2.26. The molecule has 0 amide bonds. The van der Waals surface area contributed by atoms with Gasteiger partial charge in [-0.15, -0.1) is 10.2 Å². The molecule has 7 nitrogen and oxygen atoms in total. The first-order valence-corrected chi connectivity index (χ1v) is 7.50. The molecule has 1 fully saturated rings. The van der Waals surface area contributed by atoms with E-state index in [0.29, 0.717) is 35.3 Å². The van der Waals surface area contributed by atoms with E-state index in [1.54, 1.807) is 12.1 Å². The summed E-state index contributed by atoms with van der Waals surface area (Å²) in [5.41, 5.74) is 0. The molecule has 8 heteroatoms. The van der Waals surface area contributed by atoms with Gasteiger partial charge >= 0.3 is 0 Å². The van der Waals surface area contributed by atoms with Gasteiger partial charge in [-0.05, 0) is 35.0 Å². The first-order valence-electron chi connectivity index (χ1n) is 6.71. The zero-order chi connectivity index (χ0) is 14.8. The Morgan fingerprint density at radius 1 is 1.33 bits per heavy atom. The number of aliphatic hydroxyl groups excluding tert-OH is 1. The lowest BCUT2D eigenvalue weighted by Crippen LogP contribution is -2.47. The molecule has 1 aliphatic rings. The molecule has 1 aliphatic heterocycles. The minimum absolute atomic E-state index is 0.0103. The number of aliphatic hydroxyl groups is 1. The Morgan fingerprint density at radius 2 is 2.19 bits per heavy atom. The molecule has 114 valence electrons. The largest absolute Gasteiger partial charge is 0.444 e. The van der Waals surface area contributed by atoms with Gasteiger partial charge in [0.15, 0.2) is 10.4 Å². The highest BCUT2D eigenvalue weighted by Crippen LogP contribution is 2.24. The standard InChI is InChI=1S/C13H16BrN3O4/c1-8-4-17(5-9(7-18)19-8)6-12-15-16-13(21-12)10-2-3-11(14)20-10/h2-3,8-9,18H,4-7H2,1H3. The third-order valence-electron chi connectivity index (χ3n) is 3.22. The first-order chi connectivity index (χ1) is 10.1. The van der Waals surface area contributed by atoms with Crippen molar-refractivity contribution in [3.8, 4) is 11.7 Å². The van der Waals surface area contributed by atoms with Crippen molar-refractivity contribution in [1.29, 1.82) is 0 Å². The number of hydrogen-bond donors (Lipinski definition) is 1. The number of rotatable bonds is 4. The van der Waals surface area contributed by atoms with Gasteiger partial charge < -0.3 is 18.7 Å². The molecule has 0 aromatic carbocycles. The first kappa shape index (κ1) is 14.7. The second-order valence-electron chi connectivity index (χ2n) is 5.05. The molecule has 21 heavy (non-hydrogen) atoms. The molecule has 0 aliphatic carbocycles. The molecule has 2 aromatic heterocycles. The Balaban J connectivity index is 1.67. The van der Waals surface area contributed by atoms with Crippen LogP contribution in [0.5, 0.6) is 0 Å². The van der Waals surface area contributed by atoms with Gasteiger partial charge in [0.05, 0.1) is 25.4 Å². The second-order valence-corrected chi connectivity index (χ2v) is 5.83. The van der Waals surface area contributed by atoms with Crippen molar-refractivity contribution in [2.75, 3.05) is 19.7 Å². The maximum absolute atomic E-state index is 9.23. The number of aromatic nitrogens is 2. The van der Waals surface area contributed by atoms with Crippen LogP contribution in [0.1, 0.15) is 12.8 Å². The van der Waals surface area contributed by atoms with Crippen LogP contribution in [0.25, 0.3) is 11.7 Å². The van der Waals surface area contributed by atoms with E-state index in [0.717, 1.165) is 6.54 Å². The molecule has 3 heterocycles. The summed E-state index contributed by atoms with van der Waals surface area (Å²) in [6.45, 7) is 3.93. The van der Waals surface area contributed by atoms with Crippen molar-refractivity contribution >= 4 is 15.9 Å². The summed E-state index contributed by atoms with van der Waals surface area (Å²) in [5.74, 6) is 1.41. The fourth-order valence-corrected chi connectivity index (χ4v) is 2.71. The predicted molar refractivity (Wildman–Crippen MR) is 76.4 cm³/mol. The summed E-state index contributed by atoms with van der Waals surface area (Å²) >= 11 is 3.23. The Labute approximate surface area is 130 Å². The van der Waals surface area contributed by atoms with Crippen LogP contribution >= 0.6 is 15.9 Å². The summed E-state index contributed by atoms with van der Waals surface area (Å²) in [5, 5.41) is 17.2. The summed E-state index contributed by atoms with van der Waals surface area (Å²) < 4.78 is 17.2. The number of hydrogen-bond acceptors (Lipinski definition) is 7. The highest BCUT2D eigenvalue weighted by atomic mass is 79.9. The van der Waals surface area contributed by atoms with E-state index in [9.17, 15) is 5.11 Å². The van der Waals surface area contributed by atoms with E-state index in [4.69, 9.17) is 13.6 Å². The van der Waals surface area contributed by atoms with Crippen molar-refractivity contribution < 1.29 is 18.7 Å². The van der Waals surface area contributed by atoms with Crippen molar-refractivity contribution in [1.82, 2.24) is 15.1 Å². The fourth-order valence-electron chi connectivity index (χ4n) is 2.41. The Hall–Kier alpha value is -1.22. The minimum Gasteiger partial charge on any atom is -0.444 e. The predicted octanol–water partition coefficient (Wildman–Crippen LogP) is 1.67. The van der Waals surface area contributed by atoms with Gasteiger partial charge in [-0.2, -0.15) is 0 Å². The highest BCUT2D eigenvalue weighted by molar-refractivity contribution is 9.10. The smallest absolute Gasteiger partial charge is 0.283 e. The van der Waals surface area contributed by atoms with Gasteiger partial charge in [-0.3, -0.25) is 4.90 Å². The maximum atomic E-state index is 9.23. The summed E-state index contributed by atoms with van der Waals surface area (Å²) in [7, 11) is 0. The molecule has 1 N–H and O–H groups in total. The van der Waals surface area contributed by atoms with E-state index in [1.165, 1.54) is 0 Å². The minimum atomic E-state index is -0.169. The number of ether oxygens (including phenoxy) is 1. The number of nitrogens with zero attached hydrogens (tertiary/aromatic N) is 3. The van der Waals surface area contributed by atoms with Crippen molar-refractivity contribution in [2.45, 2.75) is 25.7 Å². The lowest BCUT2D eigenvalue weighted by molar-refractivity contribution is -0.0986. The van der Waals surface area contributed by atoms with Crippen molar-refractivity contribution in [3.63, 3.8) is 0 Å². The fraction of sp³-hybridized carbons (Fsp3) is 0.538. The van der Waals surface area contributed by atoms with Gasteiger partial charge in [0, 0.05) is 13.1 Å². The van der Waals surface area contributed by atoms with E-state index < -0.39 is 0 Å². The topological polar surface area (TPSA) is 84.8 Å². The monoisotopic (exact) mass is 357 g/mol. The van der Waals surface area contributed by atoms with Crippen LogP contribution in [-0.2, 0) is 11.3 Å². The van der Waals surface area contributed by atoms with Gasteiger partial charge in [0.25, 0.3) is 5.89 Å². The summed E-state index contributed by atoms with van der Waals surface area (Å²) in [4.78, 5) is 2.13. The maximum Gasteiger partial charge on any atom is 0.283 e. The van der Waals surface area contributed by atoms with Gasteiger partial charge in [-0.25, -0.2) is 0 Å². The number of furan rings is 1. The van der Waals surface area contributed by atoms with Crippen LogP contribution in [-0.4, -0.2) is 52.1 Å². The molecule has 3 rings (SSSR count). The third kappa shape index (κ3) is 3.52. The quantitative estimate of drug-likeness (QED) is 0.890. The molecular weight excluding hydrogens is 342 g/mol. The van der Waals surface area contributed by atoms with Crippen LogP contribution < -0.4 is 0 Å². The van der Waals surface area contributed by atoms with Crippen LogP contribution in [0, 0.1) is 0 Å². The molecule has 1 saturated heterocycles. The van der Waals surface area contributed by atoms with Crippen molar-refractivity contribution in [2.24, 2.45) is 0 Å². The molecular formula is C13H16BrN3O4. The Morgan fingerprint density at radius 3 is 2.90 bits per heavy atom. The molecule has 0 bridgehead atoms. The number of morpholine rings is 1. The van der Waals surface area contributed by atoms with Crippen LogP contribution in [0.2, 0.25) is 0 Å². The Kier molecular flexibility index (Phi) is 4.39. The molecule has 2 atom stereocenters. The van der Waals surface area contributed by atoms with Gasteiger partial charge in [-0.1, -0.05) is 0 Å². The van der Waals surface area contributed by atoms with Crippen LogP contribution in [0.3, 0.4) is 0 Å². The zero-order valence-electron chi connectivity index (χ0n) is 11.5. The third-order valence-corrected chi connectivity index (χ3v) is 3.64. The molecule has 0 spiro atoms. The average molecular weight is 358 g/mol. The average Bonchev–Trinajstić information content (AvgIpc) is 3.07. The molecule has 2 aromatic rings. The molecule has 0 radical (unpaired) electrons. The lowest BCUT2D eigenvalue weighted by atomic mass is 10.2. The van der Waals surface area contributed by atoms with E-state index in [-0.39, 0.29) is 18.8 Å². The second kappa shape index (κ2) is 6.27. The van der Waals surface area contributed by atoms with E-state index in [2.05, 4.69) is 31.0 Å². The lowest BCUT2D eigenvalue weighted by Gasteiger charge is -2.35. The molecule has 0 saturated carbocycles. The van der Waals surface area contributed by atoms with E-state index >= 15 is 0 Å². The Bertz CT molecular complexity index is 600. The summed E-state index contributed by atoms with van der Waals surface area (Å²) in [6, 6.07) is 3.54.